The van der Waals surface area contributed by atoms with Gasteiger partial charge in [0.25, 0.3) is 0 Å². The molecular formula is C16H26N6O. The van der Waals surface area contributed by atoms with Crippen molar-refractivity contribution in [3.8, 4) is 0 Å². The van der Waals surface area contributed by atoms with Gasteiger partial charge in [0.15, 0.2) is 0 Å². The average molecular weight is 318 g/mol. The van der Waals surface area contributed by atoms with Crippen LogP contribution in [0.3, 0.4) is 0 Å². The SMILES string of the molecule is CC(C)N1CCN(CC2CC2)C2(CN(C(=O)n3cncn3)C2)C1. The summed E-state index contributed by atoms with van der Waals surface area (Å²) >= 11 is 0. The molecular weight excluding hydrogens is 292 g/mol. The zero-order chi connectivity index (χ0) is 16.0. The lowest BCUT2D eigenvalue weighted by Gasteiger charge is -2.60. The van der Waals surface area contributed by atoms with Crippen LogP contribution in [-0.4, -0.2) is 86.3 Å². The van der Waals surface area contributed by atoms with Gasteiger partial charge in [-0.15, -0.1) is 0 Å². The van der Waals surface area contributed by atoms with Crippen molar-refractivity contribution < 1.29 is 4.79 Å². The molecule has 23 heavy (non-hydrogen) atoms. The molecule has 4 rings (SSSR count). The summed E-state index contributed by atoms with van der Waals surface area (Å²) in [6.07, 6.45) is 5.65. The molecule has 3 aliphatic rings. The molecule has 0 bridgehead atoms. The van der Waals surface area contributed by atoms with E-state index in [1.807, 2.05) is 4.90 Å². The smallest absolute Gasteiger partial charge is 0.319 e. The monoisotopic (exact) mass is 318 g/mol. The molecule has 1 aromatic rings. The van der Waals surface area contributed by atoms with E-state index in [1.165, 1.54) is 36.7 Å². The standard InChI is InChI=1S/C16H26N6O/c1-13(2)19-5-6-21(7-14-3-4-14)16(8-19)9-20(10-16)15(23)22-12-17-11-18-22/h11-14H,3-10H2,1-2H3. The van der Waals surface area contributed by atoms with Gasteiger partial charge >= 0.3 is 6.03 Å². The van der Waals surface area contributed by atoms with Crippen molar-refractivity contribution in [2.24, 2.45) is 5.92 Å². The largest absolute Gasteiger partial charge is 0.346 e. The highest BCUT2D eigenvalue weighted by atomic mass is 16.2. The minimum atomic E-state index is -0.0545. The highest BCUT2D eigenvalue weighted by Gasteiger charge is 2.53. The van der Waals surface area contributed by atoms with Gasteiger partial charge in [0.2, 0.25) is 0 Å². The van der Waals surface area contributed by atoms with Gasteiger partial charge in [-0.25, -0.2) is 9.78 Å². The van der Waals surface area contributed by atoms with Crippen molar-refractivity contribution in [3.05, 3.63) is 12.7 Å². The first-order chi connectivity index (χ1) is 11.1. The summed E-state index contributed by atoms with van der Waals surface area (Å²) in [4.78, 5) is 23.4. The molecule has 7 heteroatoms. The molecule has 1 saturated carbocycles. The van der Waals surface area contributed by atoms with E-state index in [2.05, 4.69) is 33.7 Å². The van der Waals surface area contributed by atoms with Crippen LogP contribution in [0.2, 0.25) is 0 Å². The Bertz CT molecular complexity index is 561. The van der Waals surface area contributed by atoms with Crippen LogP contribution in [0.5, 0.6) is 0 Å². The number of aromatic nitrogens is 3. The summed E-state index contributed by atoms with van der Waals surface area (Å²) in [6, 6.07) is 0.510. The third-order valence-corrected chi connectivity index (χ3v) is 5.59. The maximum absolute atomic E-state index is 12.4. The molecule has 0 radical (unpaired) electrons. The van der Waals surface area contributed by atoms with Crippen LogP contribution in [0.4, 0.5) is 4.79 Å². The molecule has 2 aliphatic heterocycles. The maximum atomic E-state index is 12.4. The van der Waals surface area contributed by atoms with Gasteiger partial charge in [0.1, 0.15) is 12.7 Å². The predicted octanol–water partition coefficient (Wildman–Crippen LogP) is 0.737. The van der Waals surface area contributed by atoms with E-state index in [9.17, 15) is 4.79 Å². The number of rotatable bonds is 3. The highest BCUT2D eigenvalue weighted by molar-refractivity contribution is 5.77. The number of carbonyl (C=O) groups is 1. The normalized spacial score (nSPS) is 25.1. The second-order valence-corrected chi connectivity index (χ2v) is 7.66. The Morgan fingerprint density at radius 2 is 2.04 bits per heavy atom. The quantitative estimate of drug-likeness (QED) is 0.823. The van der Waals surface area contributed by atoms with Crippen LogP contribution in [0.1, 0.15) is 26.7 Å². The number of piperazine rings is 1. The Labute approximate surface area is 137 Å². The molecule has 7 nitrogen and oxygen atoms in total. The maximum Gasteiger partial charge on any atom is 0.346 e. The third-order valence-electron chi connectivity index (χ3n) is 5.59. The fourth-order valence-corrected chi connectivity index (χ4v) is 3.93. The molecule has 0 unspecified atom stereocenters. The fraction of sp³-hybridized carbons (Fsp3) is 0.812. The molecule has 1 aromatic heterocycles. The van der Waals surface area contributed by atoms with Crippen molar-refractivity contribution in [2.75, 3.05) is 39.3 Å². The topological polar surface area (TPSA) is 57.5 Å². The van der Waals surface area contributed by atoms with E-state index >= 15 is 0 Å². The average Bonchev–Trinajstić information content (AvgIpc) is 3.14. The van der Waals surface area contributed by atoms with Gasteiger partial charge < -0.3 is 4.90 Å². The van der Waals surface area contributed by atoms with Gasteiger partial charge in [-0.1, -0.05) is 0 Å². The summed E-state index contributed by atoms with van der Waals surface area (Å²) in [5.74, 6) is 0.887. The van der Waals surface area contributed by atoms with Crippen LogP contribution in [0.15, 0.2) is 12.7 Å². The van der Waals surface area contributed by atoms with Crippen molar-refractivity contribution in [1.29, 1.82) is 0 Å². The molecule has 0 aromatic carbocycles. The molecule has 2 saturated heterocycles. The summed E-state index contributed by atoms with van der Waals surface area (Å²) in [7, 11) is 0. The third kappa shape index (κ3) is 2.76. The number of hydrogen-bond donors (Lipinski definition) is 0. The zero-order valence-corrected chi connectivity index (χ0v) is 14.1. The van der Waals surface area contributed by atoms with Crippen LogP contribution in [-0.2, 0) is 0 Å². The second kappa shape index (κ2) is 5.56. The van der Waals surface area contributed by atoms with Crippen LogP contribution >= 0.6 is 0 Å². The van der Waals surface area contributed by atoms with E-state index in [-0.39, 0.29) is 11.6 Å². The second-order valence-electron chi connectivity index (χ2n) is 7.66. The van der Waals surface area contributed by atoms with E-state index in [4.69, 9.17) is 0 Å². The van der Waals surface area contributed by atoms with E-state index in [0.29, 0.717) is 6.04 Å². The predicted molar refractivity (Wildman–Crippen MR) is 86.1 cm³/mol. The number of nitrogens with zero attached hydrogens (tertiary/aromatic N) is 6. The molecule has 1 spiro atoms. The van der Waals surface area contributed by atoms with Crippen molar-refractivity contribution >= 4 is 6.03 Å². The first-order valence-corrected chi connectivity index (χ1v) is 8.70. The number of carbonyl (C=O) groups excluding carboxylic acids is 1. The number of amides is 1. The van der Waals surface area contributed by atoms with Crippen molar-refractivity contribution in [2.45, 2.75) is 38.3 Å². The summed E-state index contributed by atoms with van der Waals surface area (Å²) < 4.78 is 1.33. The zero-order valence-electron chi connectivity index (χ0n) is 14.1. The Hall–Kier alpha value is -1.47. The van der Waals surface area contributed by atoms with Crippen LogP contribution < -0.4 is 0 Å². The molecule has 1 aliphatic carbocycles. The summed E-state index contributed by atoms with van der Waals surface area (Å²) in [5.41, 5.74) is 0.140. The first kappa shape index (κ1) is 15.1. The minimum absolute atomic E-state index is 0.0545. The Balaban J connectivity index is 1.46. The fourth-order valence-electron chi connectivity index (χ4n) is 3.93. The molecule has 1 amide bonds. The Kier molecular flexibility index (Phi) is 3.65. The number of hydrogen-bond acceptors (Lipinski definition) is 5. The summed E-state index contributed by atoms with van der Waals surface area (Å²) in [6.45, 7) is 10.7. The Morgan fingerprint density at radius 1 is 1.26 bits per heavy atom. The van der Waals surface area contributed by atoms with Crippen molar-refractivity contribution in [3.63, 3.8) is 0 Å². The van der Waals surface area contributed by atoms with E-state index in [0.717, 1.165) is 38.6 Å². The highest BCUT2D eigenvalue weighted by Crippen LogP contribution is 2.37. The molecule has 3 heterocycles. The van der Waals surface area contributed by atoms with Crippen LogP contribution in [0.25, 0.3) is 0 Å². The van der Waals surface area contributed by atoms with E-state index < -0.39 is 0 Å². The lowest BCUT2D eigenvalue weighted by Crippen LogP contribution is -2.78. The lowest BCUT2D eigenvalue weighted by atomic mass is 9.84. The lowest BCUT2D eigenvalue weighted by molar-refractivity contribution is -0.0915. The van der Waals surface area contributed by atoms with Gasteiger partial charge in [0.05, 0.1) is 5.54 Å². The Morgan fingerprint density at radius 3 is 2.65 bits per heavy atom. The van der Waals surface area contributed by atoms with Gasteiger partial charge in [0, 0.05) is 45.3 Å². The minimum Gasteiger partial charge on any atom is -0.319 e. The van der Waals surface area contributed by atoms with Crippen molar-refractivity contribution in [1.82, 2.24) is 29.5 Å². The van der Waals surface area contributed by atoms with Gasteiger partial charge in [-0.05, 0) is 32.6 Å². The molecule has 3 fully saturated rings. The molecule has 0 N–H and O–H groups in total. The number of likely N-dealkylation sites (tertiary alicyclic amines) is 1. The van der Waals surface area contributed by atoms with Gasteiger partial charge in [-0.3, -0.25) is 9.80 Å². The summed E-state index contributed by atoms with van der Waals surface area (Å²) in [5, 5.41) is 3.96. The van der Waals surface area contributed by atoms with Crippen LogP contribution in [0, 0.1) is 5.92 Å². The molecule has 0 atom stereocenters. The first-order valence-electron chi connectivity index (χ1n) is 8.70. The van der Waals surface area contributed by atoms with Gasteiger partial charge in [-0.2, -0.15) is 9.78 Å². The molecule has 126 valence electrons. The van der Waals surface area contributed by atoms with E-state index in [1.54, 1.807) is 0 Å².